The number of ketones is 1. The van der Waals surface area contributed by atoms with E-state index in [-0.39, 0.29) is 46.7 Å². The Hall–Kier alpha value is -4.02. The number of terminal acetylenes is 1. The minimum atomic E-state index is -0.909. The molecule has 8 heteroatoms. The summed E-state index contributed by atoms with van der Waals surface area (Å²) in [7, 11) is 0. The number of hydrogen-bond donors (Lipinski definition) is 1. The van der Waals surface area contributed by atoms with Crippen molar-refractivity contribution in [3.8, 4) is 12.3 Å². The molecular weight excluding hydrogens is 522 g/mol. The summed E-state index contributed by atoms with van der Waals surface area (Å²) in [5.41, 5.74) is 1.10. The molecule has 0 spiro atoms. The molecule has 39 heavy (non-hydrogen) atoms. The minimum absolute atomic E-state index is 0.0178. The molecular formula is C31H25ClF2N2O3. The van der Waals surface area contributed by atoms with Gasteiger partial charge in [-0.3, -0.25) is 14.4 Å². The molecule has 0 bridgehead atoms. The number of likely N-dealkylation sites (tertiary alicyclic amines) is 1. The average molecular weight is 547 g/mol. The molecule has 0 aromatic heterocycles. The minimum Gasteiger partial charge on any atom is -0.347 e. The second-order valence-electron chi connectivity index (χ2n) is 9.96. The maximum atomic E-state index is 14.7. The van der Waals surface area contributed by atoms with Gasteiger partial charge in [0, 0.05) is 34.7 Å². The van der Waals surface area contributed by atoms with E-state index in [4.69, 9.17) is 18.0 Å². The van der Waals surface area contributed by atoms with Crippen molar-refractivity contribution in [3.05, 3.63) is 106 Å². The van der Waals surface area contributed by atoms with Crippen LogP contribution in [0, 0.1) is 35.8 Å². The van der Waals surface area contributed by atoms with Gasteiger partial charge >= 0.3 is 0 Å². The third-order valence-electron chi connectivity index (χ3n) is 7.27. The topological polar surface area (TPSA) is 66.5 Å². The largest absolute Gasteiger partial charge is 0.347 e. The van der Waals surface area contributed by atoms with Gasteiger partial charge in [0.05, 0.1) is 11.1 Å². The number of benzene rings is 3. The summed E-state index contributed by atoms with van der Waals surface area (Å²) in [6.07, 6.45) is 7.38. The van der Waals surface area contributed by atoms with Crippen LogP contribution in [-0.2, 0) is 4.79 Å². The van der Waals surface area contributed by atoms with Gasteiger partial charge in [0.25, 0.3) is 5.91 Å². The maximum Gasteiger partial charge on any atom is 0.254 e. The third kappa shape index (κ3) is 5.57. The molecule has 3 aromatic carbocycles. The predicted molar refractivity (Wildman–Crippen MR) is 143 cm³/mol. The van der Waals surface area contributed by atoms with Gasteiger partial charge < -0.3 is 10.2 Å². The molecule has 1 saturated heterocycles. The van der Waals surface area contributed by atoms with E-state index >= 15 is 0 Å². The molecule has 198 valence electrons. The number of nitrogens with one attached hydrogen (secondary N) is 1. The van der Waals surface area contributed by atoms with Crippen molar-refractivity contribution in [2.45, 2.75) is 31.3 Å². The highest BCUT2D eigenvalue weighted by molar-refractivity contribution is 6.30. The Balaban J connectivity index is 1.39. The van der Waals surface area contributed by atoms with Gasteiger partial charge in [-0.1, -0.05) is 54.1 Å². The SMILES string of the molecule is C#C[C@@H]1C[C@H](C(=O)N[C@@H](c2cc(F)c(Cl)cc2F)C2CC2)N(C(=O)c2cccc(C(=O)c3ccccc3)c2)C1. The lowest BCUT2D eigenvalue weighted by Gasteiger charge is -2.27. The summed E-state index contributed by atoms with van der Waals surface area (Å²) in [6, 6.07) is 15.3. The van der Waals surface area contributed by atoms with Crippen LogP contribution >= 0.6 is 11.6 Å². The summed E-state index contributed by atoms with van der Waals surface area (Å²) in [6.45, 7) is 0.155. The van der Waals surface area contributed by atoms with Crippen LogP contribution < -0.4 is 5.32 Å². The molecule has 1 saturated carbocycles. The number of carbonyl (C=O) groups is 3. The highest BCUT2D eigenvalue weighted by atomic mass is 35.5. The fraction of sp³-hybridized carbons (Fsp3) is 0.258. The molecule has 2 amide bonds. The van der Waals surface area contributed by atoms with E-state index < -0.39 is 35.5 Å². The van der Waals surface area contributed by atoms with E-state index in [0.29, 0.717) is 11.1 Å². The first-order valence-corrected chi connectivity index (χ1v) is 13.1. The average Bonchev–Trinajstić information content (AvgIpc) is 3.71. The van der Waals surface area contributed by atoms with Gasteiger partial charge in [0.15, 0.2) is 5.78 Å². The van der Waals surface area contributed by atoms with E-state index in [2.05, 4.69) is 11.2 Å². The summed E-state index contributed by atoms with van der Waals surface area (Å²) < 4.78 is 28.9. The molecule has 1 aliphatic carbocycles. The first kappa shape index (κ1) is 26.6. The molecule has 0 radical (unpaired) electrons. The van der Waals surface area contributed by atoms with Gasteiger partial charge in [-0.25, -0.2) is 8.78 Å². The smallest absolute Gasteiger partial charge is 0.254 e. The molecule has 0 unspecified atom stereocenters. The van der Waals surface area contributed by atoms with E-state index in [1.54, 1.807) is 42.5 Å². The first-order chi connectivity index (χ1) is 18.8. The predicted octanol–water partition coefficient (Wildman–Crippen LogP) is 5.58. The fourth-order valence-corrected chi connectivity index (χ4v) is 5.20. The van der Waals surface area contributed by atoms with Crippen LogP contribution in [0.15, 0.2) is 66.7 Å². The third-order valence-corrected chi connectivity index (χ3v) is 7.56. The molecule has 3 atom stereocenters. The van der Waals surface area contributed by atoms with Crippen molar-refractivity contribution in [3.63, 3.8) is 0 Å². The number of carbonyl (C=O) groups excluding carboxylic acids is 3. The zero-order valence-corrected chi connectivity index (χ0v) is 21.6. The van der Waals surface area contributed by atoms with Crippen LogP contribution in [0.3, 0.4) is 0 Å². The second kappa shape index (κ2) is 11.0. The highest BCUT2D eigenvalue weighted by Gasteiger charge is 2.42. The highest BCUT2D eigenvalue weighted by Crippen LogP contribution is 2.43. The van der Waals surface area contributed by atoms with Crippen molar-refractivity contribution in [2.24, 2.45) is 11.8 Å². The Bertz CT molecular complexity index is 1480. The van der Waals surface area contributed by atoms with Crippen LogP contribution in [0.1, 0.15) is 57.1 Å². The summed E-state index contributed by atoms with van der Waals surface area (Å²) in [4.78, 5) is 41.5. The molecule has 3 aromatic rings. The Morgan fingerprint density at radius 1 is 0.949 bits per heavy atom. The van der Waals surface area contributed by atoms with Crippen LogP contribution in [0.5, 0.6) is 0 Å². The number of nitrogens with zero attached hydrogens (tertiary/aromatic N) is 1. The fourth-order valence-electron chi connectivity index (χ4n) is 5.05. The Morgan fingerprint density at radius 2 is 1.64 bits per heavy atom. The van der Waals surface area contributed by atoms with E-state index in [1.165, 1.54) is 11.0 Å². The lowest BCUT2D eigenvalue weighted by atomic mass is 9.99. The van der Waals surface area contributed by atoms with Gasteiger partial charge in [-0.15, -0.1) is 12.3 Å². The molecule has 1 N–H and O–H groups in total. The second-order valence-corrected chi connectivity index (χ2v) is 10.4. The van der Waals surface area contributed by atoms with Crippen LogP contribution in [0.25, 0.3) is 0 Å². The Morgan fingerprint density at radius 3 is 2.33 bits per heavy atom. The molecule has 5 rings (SSSR count). The first-order valence-electron chi connectivity index (χ1n) is 12.7. The van der Waals surface area contributed by atoms with E-state index in [1.807, 2.05) is 6.07 Å². The van der Waals surface area contributed by atoms with Crippen LogP contribution in [-0.4, -0.2) is 35.1 Å². The van der Waals surface area contributed by atoms with Gasteiger partial charge in [0.1, 0.15) is 17.7 Å². The maximum absolute atomic E-state index is 14.7. The van der Waals surface area contributed by atoms with Gasteiger partial charge in [-0.2, -0.15) is 0 Å². The Kier molecular flexibility index (Phi) is 7.49. The summed E-state index contributed by atoms with van der Waals surface area (Å²) >= 11 is 5.72. The van der Waals surface area contributed by atoms with Crippen molar-refractivity contribution in [1.82, 2.24) is 10.2 Å². The van der Waals surface area contributed by atoms with Crippen LogP contribution in [0.4, 0.5) is 8.78 Å². The van der Waals surface area contributed by atoms with Gasteiger partial charge in [-0.05, 0) is 49.4 Å². The monoisotopic (exact) mass is 546 g/mol. The molecule has 1 aliphatic heterocycles. The normalized spacial score (nSPS) is 19.3. The number of amides is 2. The molecule has 5 nitrogen and oxygen atoms in total. The lowest BCUT2D eigenvalue weighted by Crippen LogP contribution is -2.47. The van der Waals surface area contributed by atoms with Crippen molar-refractivity contribution < 1.29 is 23.2 Å². The van der Waals surface area contributed by atoms with Crippen molar-refractivity contribution >= 4 is 29.2 Å². The van der Waals surface area contributed by atoms with Gasteiger partial charge in [0.2, 0.25) is 5.91 Å². The zero-order valence-electron chi connectivity index (χ0n) is 20.9. The summed E-state index contributed by atoms with van der Waals surface area (Å²) in [5, 5.41) is 2.51. The molecule has 2 aliphatic rings. The molecule has 2 fully saturated rings. The molecule has 1 heterocycles. The Labute approximate surface area is 230 Å². The number of halogens is 3. The quantitative estimate of drug-likeness (QED) is 0.239. The standard InChI is InChI=1S/C31H25ClF2N2O3/c1-2-18-13-27(30(38)35-28(19-11-12-19)23-15-26(34)24(32)16-25(23)33)36(17-18)31(39)22-10-6-9-21(14-22)29(37)20-7-4-3-5-8-20/h1,3-10,14-16,18-19,27-28H,11-13,17H2,(H,35,38)/t18-,27-,28-/m1/s1. The van der Waals surface area contributed by atoms with Crippen LogP contribution in [0.2, 0.25) is 5.02 Å². The zero-order chi connectivity index (χ0) is 27.7. The van der Waals surface area contributed by atoms with E-state index in [0.717, 1.165) is 25.0 Å². The summed E-state index contributed by atoms with van der Waals surface area (Å²) in [5.74, 6) is -0.440. The van der Waals surface area contributed by atoms with Crippen molar-refractivity contribution in [1.29, 1.82) is 0 Å². The lowest BCUT2D eigenvalue weighted by molar-refractivity contribution is -0.125. The van der Waals surface area contributed by atoms with E-state index in [9.17, 15) is 23.2 Å². The number of hydrogen-bond acceptors (Lipinski definition) is 3. The number of rotatable bonds is 7. The van der Waals surface area contributed by atoms with Crippen molar-refractivity contribution in [2.75, 3.05) is 6.54 Å².